The molecule has 0 atom stereocenters. The molecule has 0 aromatic carbocycles. The summed E-state index contributed by atoms with van der Waals surface area (Å²) in [6, 6.07) is 9.57. The van der Waals surface area contributed by atoms with E-state index in [2.05, 4.69) is 15.1 Å². The highest BCUT2D eigenvalue weighted by Gasteiger charge is 2.06. The van der Waals surface area contributed by atoms with Crippen molar-refractivity contribution in [3.05, 3.63) is 59.8 Å². The molecule has 19 heavy (non-hydrogen) atoms. The van der Waals surface area contributed by atoms with E-state index >= 15 is 0 Å². The standard InChI is InChI=1S/C13H10N4S.ClH/c18-13-11(10-4-3-6-14-8-10)9-16-17(13)12-5-1-2-7-15-12;/h1-9,16H;1H. The summed E-state index contributed by atoms with van der Waals surface area (Å²) in [5, 5.41) is 3.11. The summed E-state index contributed by atoms with van der Waals surface area (Å²) in [4.78, 5) is 8.37. The van der Waals surface area contributed by atoms with Gasteiger partial charge in [-0.1, -0.05) is 24.4 Å². The summed E-state index contributed by atoms with van der Waals surface area (Å²) in [6.45, 7) is 0. The Morgan fingerprint density at radius 2 is 2.00 bits per heavy atom. The number of pyridine rings is 2. The second-order valence-corrected chi connectivity index (χ2v) is 4.14. The normalized spacial score (nSPS) is 9.89. The lowest BCUT2D eigenvalue weighted by molar-refractivity contribution is 0.837. The molecule has 3 aromatic rings. The van der Waals surface area contributed by atoms with E-state index in [9.17, 15) is 0 Å². The zero-order valence-corrected chi connectivity index (χ0v) is 11.5. The maximum absolute atomic E-state index is 5.45. The third-order valence-electron chi connectivity index (χ3n) is 2.62. The van der Waals surface area contributed by atoms with Crippen LogP contribution in [0.4, 0.5) is 0 Å². The molecule has 3 rings (SSSR count). The first-order valence-corrected chi connectivity index (χ1v) is 5.89. The second kappa shape index (κ2) is 5.77. The third kappa shape index (κ3) is 2.57. The largest absolute Gasteiger partial charge is 0.298 e. The summed E-state index contributed by atoms with van der Waals surface area (Å²) < 4.78 is 2.47. The number of aromatic nitrogens is 4. The van der Waals surface area contributed by atoms with Crippen LogP contribution in [-0.4, -0.2) is 19.7 Å². The van der Waals surface area contributed by atoms with E-state index in [-0.39, 0.29) is 12.4 Å². The quantitative estimate of drug-likeness (QED) is 0.736. The summed E-state index contributed by atoms with van der Waals surface area (Å²) >= 11 is 5.45. The van der Waals surface area contributed by atoms with Crippen molar-refractivity contribution in [2.45, 2.75) is 0 Å². The molecule has 0 radical (unpaired) electrons. The van der Waals surface area contributed by atoms with Crippen LogP contribution in [-0.2, 0) is 0 Å². The molecular formula is C13H11ClN4S. The van der Waals surface area contributed by atoms with Crippen LogP contribution in [0.25, 0.3) is 16.9 Å². The van der Waals surface area contributed by atoms with Gasteiger partial charge in [-0.3, -0.25) is 10.1 Å². The molecular weight excluding hydrogens is 280 g/mol. The monoisotopic (exact) mass is 290 g/mol. The Bertz CT molecular complexity index is 646. The molecule has 96 valence electrons. The van der Waals surface area contributed by atoms with Crippen LogP contribution < -0.4 is 0 Å². The van der Waals surface area contributed by atoms with Gasteiger partial charge in [-0.2, -0.15) is 0 Å². The molecule has 0 bridgehead atoms. The van der Waals surface area contributed by atoms with E-state index in [4.69, 9.17) is 12.2 Å². The van der Waals surface area contributed by atoms with E-state index in [1.54, 1.807) is 23.3 Å². The number of rotatable bonds is 2. The molecule has 0 unspecified atom stereocenters. The fraction of sp³-hybridized carbons (Fsp3) is 0. The number of nitrogens with zero attached hydrogens (tertiary/aromatic N) is 3. The summed E-state index contributed by atoms with van der Waals surface area (Å²) in [5.41, 5.74) is 1.94. The molecule has 0 aliphatic rings. The number of nitrogens with one attached hydrogen (secondary N) is 1. The zero-order valence-electron chi connectivity index (χ0n) is 9.85. The molecule has 0 saturated heterocycles. The van der Waals surface area contributed by atoms with Crippen molar-refractivity contribution in [2.24, 2.45) is 0 Å². The molecule has 0 aliphatic carbocycles. The predicted octanol–water partition coefficient (Wildman–Crippen LogP) is 3.41. The Morgan fingerprint density at radius 1 is 1.11 bits per heavy atom. The first-order chi connectivity index (χ1) is 8.86. The Labute approximate surface area is 121 Å². The minimum atomic E-state index is 0. The van der Waals surface area contributed by atoms with Crippen LogP contribution in [0.5, 0.6) is 0 Å². The summed E-state index contributed by atoms with van der Waals surface area (Å²) in [7, 11) is 0. The fourth-order valence-corrected chi connectivity index (χ4v) is 2.08. The smallest absolute Gasteiger partial charge is 0.152 e. The van der Waals surface area contributed by atoms with Crippen molar-refractivity contribution in [3.8, 4) is 16.9 Å². The van der Waals surface area contributed by atoms with Crippen LogP contribution in [0.1, 0.15) is 0 Å². The zero-order chi connectivity index (χ0) is 12.4. The topological polar surface area (TPSA) is 46.5 Å². The van der Waals surface area contributed by atoms with Crippen molar-refractivity contribution >= 4 is 24.6 Å². The van der Waals surface area contributed by atoms with Crippen molar-refractivity contribution in [1.82, 2.24) is 19.7 Å². The van der Waals surface area contributed by atoms with Gasteiger partial charge in [0.2, 0.25) is 0 Å². The van der Waals surface area contributed by atoms with E-state index in [1.807, 2.05) is 36.5 Å². The van der Waals surface area contributed by atoms with Crippen LogP contribution in [0, 0.1) is 4.64 Å². The highest BCUT2D eigenvalue weighted by atomic mass is 35.5. The number of hydrogen-bond donors (Lipinski definition) is 1. The van der Waals surface area contributed by atoms with Crippen molar-refractivity contribution < 1.29 is 0 Å². The van der Waals surface area contributed by atoms with Crippen molar-refractivity contribution in [2.75, 3.05) is 0 Å². The molecule has 0 saturated carbocycles. The van der Waals surface area contributed by atoms with Gasteiger partial charge in [0, 0.05) is 35.9 Å². The van der Waals surface area contributed by atoms with Crippen LogP contribution in [0.15, 0.2) is 55.1 Å². The minimum absolute atomic E-state index is 0. The molecule has 3 heterocycles. The lowest BCUT2D eigenvalue weighted by Crippen LogP contribution is -1.98. The van der Waals surface area contributed by atoms with Gasteiger partial charge in [0.25, 0.3) is 0 Å². The lowest BCUT2D eigenvalue weighted by Gasteiger charge is -2.00. The van der Waals surface area contributed by atoms with E-state index in [0.29, 0.717) is 4.64 Å². The van der Waals surface area contributed by atoms with Crippen molar-refractivity contribution in [1.29, 1.82) is 0 Å². The van der Waals surface area contributed by atoms with Gasteiger partial charge in [0.1, 0.15) is 4.64 Å². The van der Waals surface area contributed by atoms with Gasteiger partial charge in [-0.25, -0.2) is 9.67 Å². The molecule has 6 heteroatoms. The van der Waals surface area contributed by atoms with Crippen LogP contribution in [0.2, 0.25) is 0 Å². The first kappa shape index (κ1) is 13.5. The van der Waals surface area contributed by atoms with Gasteiger partial charge in [-0.15, -0.1) is 12.4 Å². The average Bonchev–Trinajstić information content (AvgIpc) is 2.83. The predicted molar refractivity (Wildman–Crippen MR) is 79.2 cm³/mol. The Morgan fingerprint density at radius 3 is 2.68 bits per heavy atom. The second-order valence-electron chi connectivity index (χ2n) is 3.76. The number of aromatic amines is 1. The fourth-order valence-electron chi connectivity index (χ4n) is 1.75. The number of hydrogen-bond acceptors (Lipinski definition) is 3. The van der Waals surface area contributed by atoms with Gasteiger partial charge in [0.15, 0.2) is 5.82 Å². The van der Waals surface area contributed by atoms with Gasteiger partial charge in [0.05, 0.1) is 0 Å². The molecule has 1 N–H and O–H groups in total. The van der Waals surface area contributed by atoms with E-state index in [0.717, 1.165) is 16.9 Å². The number of H-pyrrole nitrogens is 1. The first-order valence-electron chi connectivity index (χ1n) is 5.48. The van der Waals surface area contributed by atoms with Crippen LogP contribution >= 0.6 is 24.6 Å². The minimum Gasteiger partial charge on any atom is -0.298 e. The van der Waals surface area contributed by atoms with Gasteiger partial charge >= 0.3 is 0 Å². The van der Waals surface area contributed by atoms with E-state index in [1.165, 1.54) is 0 Å². The lowest BCUT2D eigenvalue weighted by atomic mass is 10.2. The van der Waals surface area contributed by atoms with Crippen LogP contribution in [0.3, 0.4) is 0 Å². The Kier molecular flexibility index (Phi) is 4.09. The average molecular weight is 291 g/mol. The highest BCUT2D eigenvalue weighted by Crippen LogP contribution is 2.20. The summed E-state index contributed by atoms with van der Waals surface area (Å²) in [5.74, 6) is 0.776. The maximum atomic E-state index is 5.45. The molecule has 4 nitrogen and oxygen atoms in total. The SMILES string of the molecule is Cl.S=c1c(-c2cccnc2)c[nH]n1-c1ccccn1. The molecule has 0 fully saturated rings. The third-order valence-corrected chi connectivity index (χ3v) is 3.02. The summed E-state index contributed by atoms with van der Waals surface area (Å²) in [6.07, 6.45) is 7.14. The highest BCUT2D eigenvalue weighted by molar-refractivity contribution is 7.71. The van der Waals surface area contributed by atoms with E-state index < -0.39 is 0 Å². The molecule has 0 spiro atoms. The number of halogens is 1. The molecule has 3 aromatic heterocycles. The Hall–Kier alpha value is -1.98. The van der Waals surface area contributed by atoms with Gasteiger partial charge < -0.3 is 0 Å². The van der Waals surface area contributed by atoms with Crippen molar-refractivity contribution in [3.63, 3.8) is 0 Å². The molecule has 0 aliphatic heterocycles. The maximum Gasteiger partial charge on any atom is 0.152 e. The van der Waals surface area contributed by atoms with Gasteiger partial charge in [-0.05, 0) is 18.2 Å². The molecule has 0 amide bonds. The Balaban J connectivity index is 0.00000133.